The van der Waals surface area contributed by atoms with Gasteiger partial charge in [-0.25, -0.2) is 27.6 Å². The van der Waals surface area contributed by atoms with E-state index >= 15 is 0 Å². The highest BCUT2D eigenvalue weighted by atomic mass is 32.2. The molecule has 35 heavy (non-hydrogen) atoms. The summed E-state index contributed by atoms with van der Waals surface area (Å²) in [6.45, 7) is -1.90. The Morgan fingerprint density at radius 2 is 2.00 bits per heavy atom. The largest absolute Gasteiger partial charge is 0.476 e. The molecule has 2 N–H and O–H groups in total. The Balaban J connectivity index is 1.79. The third-order valence-corrected chi connectivity index (χ3v) is 6.88. The second kappa shape index (κ2) is 8.92. The zero-order valence-electron chi connectivity index (χ0n) is 18.1. The monoisotopic (exact) mass is 516 g/mol. The summed E-state index contributed by atoms with van der Waals surface area (Å²) in [5.41, 5.74) is 0.566. The van der Waals surface area contributed by atoms with Gasteiger partial charge in [0.1, 0.15) is 12.2 Å². The van der Waals surface area contributed by atoms with Crippen LogP contribution in [0.4, 0.5) is 13.2 Å². The molecule has 0 spiro atoms. The molecule has 0 aromatic carbocycles. The van der Waals surface area contributed by atoms with E-state index in [4.69, 9.17) is 5.11 Å². The minimum Gasteiger partial charge on any atom is -0.476 e. The van der Waals surface area contributed by atoms with Gasteiger partial charge in [-0.05, 0) is 30.4 Å². The molecule has 1 aliphatic rings. The minimum atomic E-state index is -4.88. The van der Waals surface area contributed by atoms with Crippen LogP contribution in [0.1, 0.15) is 51.3 Å². The molecule has 0 saturated heterocycles. The fraction of sp³-hybridized carbons (Fsp3) is 0.421. The first-order chi connectivity index (χ1) is 16.4. The molecule has 1 aliphatic carbocycles. The highest BCUT2D eigenvalue weighted by Gasteiger charge is 2.41. The molecule has 1 unspecified atom stereocenters. The molecule has 0 bridgehead atoms. The van der Waals surface area contributed by atoms with E-state index in [1.807, 2.05) is 0 Å². The van der Waals surface area contributed by atoms with E-state index in [0.29, 0.717) is 11.3 Å². The van der Waals surface area contributed by atoms with Crippen molar-refractivity contribution in [3.63, 3.8) is 0 Å². The molecule has 0 aliphatic heterocycles. The number of nitrogens with one attached hydrogen (secondary N) is 1. The number of aromatic nitrogens is 5. The molecule has 0 amide bonds. The van der Waals surface area contributed by atoms with Gasteiger partial charge in [0, 0.05) is 18.0 Å². The molecule has 1 fully saturated rings. The number of carboxylic acid groups (broad SMARTS) is 1. The number of carboxylic acids is 1. The number of esters is 1. The summed E-state index contributed by atoms with van der Waals surface area (Å²) in [5.74, 6) is -2.46. The van der Waals surface area contributed by atoms with Crippen molar-refractivity contribution in [2.75, 3.05) is 13.7 Å². The first-order valence-electron chi connectivity index (χ1n) is 10.2. The lowest BCUT2D eigenvalue weighted by Gasteiger charge is -2.19. The van der Waals surface area contributed by atoms with Gasteiger partial charge in [-0.1, -0.05) is 5.21 Å². The molecule has 12 nitrogen and oxygen atoms in total. The van der Waals surface area contributed by atoms with Crippen LogP contribution in [0.25, 0.3) is 5.65 Å². The summed E-state index contributed by atoms with van der Waals surface area (Å²) in [6, 6.07) is 1.44. The second-order valence-corrected chi connectivity index (χ2v) is 9.81. The van der Waals surface area contributed by atoms with Crippen molar-refractivity contribution >= 4 is 27.6 Å². The third kappa shape index (κ3) is 5.43. The number of hydrogen-bond acceptors (Lipinski definition) is 8. The average Bonchev–Trinajstić information content (AvgIpc) is 3.38. The predicted molar refractivity (Wildman–Crippen MR) is 111 cm³/mol. The third-order valence-electron chi connectivity index (χ3n) is 5.26. The van der Waals surface area contributed by atoms with E-state index in [1.165, 1.54) is 32.3 Å². The van der Waals surface area contributed by atoms with E-state index in [1.54, 1.807) is 6.20 Å². The number of halogens is 3. The van der Waals surface area contributed by atoms with Gasteiger partial charge in [0.2, 0.25) is 15.3 Å². The molecular weight excluding hydrogens is 497 g/mol. The molecule has 4 rings (SSSR count). The van der Waals surface area contributed by atoms with Gasteiger partial charge >= 0.3 is 18.1 Å². The number of carbonyl (C=O) groups excluding carboxylic acids is 1. The van der Waals surface area contributed by atoms with Crippen molar-refractivity contribution in [2.24, 2.45) is 0 Å². The van der Waals surface area contributed by atoms with Gasteiger partial charge in [-0.15, -0.1) is 5.10 Å². The molecule has 0 radical (unpaired) electrons. The zero-order valence-corrected chi connectivity index (χ0v) is 18.9. The molecule has 1 saturated carbocycles. The quantitative estimate of drug-likeness (QED) is 0.399. The van der Waals surface area contributed by atoms with E-state index in [2.05, 4.69) is 20.0 Å². The molecule has 188 valence electrons. The van der Waals surface area contributed by atoms with Gasteiger partial charge in [0.15, 0.2) is 5.69 Å². The van der Waals surface area contributed by atoms with Crippen LogP contribution in [0.15, 0.2) is 24.7 Å². The molecule has 3 heterocycles. The van der Waals surface area contributed by atoms with Gasteiger partial charge in [-0.2, -0.15) is 13.2 Å². The van der Waals surface area contributed by atoms with Crippen LogP contribution in [0.5, 0.6) is 0 Å². The Morgan fingerprint density at radius 3 is 2.57 bits per heavy atom. The Morgan fingerprint density at radius 1 is 1.29 bits per heavy atom. The van der Waals surface area contributed by atoms with E-state index in [-0.39, 0.29) is 29.4 Å². The highest BCUT2D eigenvalue weighted by molar-refractivity contribution is 7.90. The van der Waals surface area contributed by atoms with Gasteiger partial charge < -0.3 is 14.2 Å². The molecular formula is C19H19F3N6O6S. The number of nitrogens with zero attached hydrogens (tertiary/aromatic N) is 5. The molecule has 3 aromatic rings. The summed E-state index contributed by atoms with van der Waals surface area (Å²) >= 11 is 0. The van der Waals surface area contributed by atoms with Crippen LogP contribution in [0.2, 0.25) is 0 Å². The maximum absolute atomic E-state index is 12.9. The Bertz CT molecular complexity index is 1400. The first-order valence-corrected chi connectivity index (χ1v) is 11.7. The van der Waals surface area contributed by atoms with E-state index in [9.17, 15) is 31.2 Å². The number of hydrogen-bond donors (Lipinski definition) is 2. The molecule has 3 aromatic heterocycles. The van der Waals surface area contributed by atoms with Crippen LogP contribution in [-0.2, 0) is 26.1 Å². The number of methoxy groups -OCH3 is 1. The van der Waals surface area contributed by atoms with Crippen LogP contribution < -0.4 is 4.72 Å². The fourth-order valence-corrected chi connectivity index (χ4v) is 4.93. The van der Waals surface area contributed by atoms with Crippen LogP contribution in [0, 0.1) is 0 Å². The van der Waals surface area contributed by atoms with Crippen molar-refractivity contribution < 1.29 is 41.0 Å². The van der Waals surface area contributed by atoms with Crippen LogP contribution in [0.3, 0.4) is 0 Å². The number of sulfonamides is 1. The minimum absolute atomic E-state index is 0.00996. The van der Waals surface area contributed by atoms with Crippen LogP contribution >= 0.6 is 0 Å². The summed E-state index contributed by atoms with van der Waals surface area (Å²) < 4.78 is 72.6. The Kier molecular flexibility index (Phi) is 6.27. The smallest absolute Gasteiger partial charge is 0.402 e. The average molecular weight is 516 g/mol. The summed E-state index contributed by atoms with van der Waals surface area (Å²) in [7, 11) is -3.95. The number of fused-ring (bicyclic) bond motifs is 1. The number of imidazole rings is 1. The molecule has 16 heteroatoms. The number of ether oxygens (including phenoxy) is 1. The molecule has 1 atom stereocenters. The Labute approximate surface area is 195 Å². The van der Waals surface area contributed by atoms with Gasteiger partial charge in [-0.3, -0.25) is 4.79 Å². The lowest BCUT2D eigenvalue weighted by atomic mass is 10.1. The number of aromatic carboxylic acids is 1. The van der Waals surface area contributed by atoms with Gasteiger partial charge in [0.25, 0.3) is 0 Å². The van der Waals surface area contributed by atoms with Crippen molar-refractivity contribution in [1.82, 2.24) is 29.1 Å². The maximum atomic E-state index is 12.9. The van der Waals surface area contributed by atoms with E-state index in [0.717, 1.165) is 20.0 Å². The number of pyridine rings is 1. The topological polar surface area (TPSA) is 158 Å². The first kappa shape index (κ1) is 24.6. The zero-order chi connectivity index (χ0) is 25.5. The SMILES string of the molecule is COC(=O)C(c1cc(C2CC2)cn2cc(Cn3cc(C(=O)O)nn3)nc12)S(=O)(=O)NCC(F)(F)F. The number of rotatable bonds is 9. The van der Waals surface area contributed by atoms with Crippen molar-refractivity contribution in [2.45, 2.75) is 36.7 Å². The van der Waals surface area contributed by atoms with Crippen molar-refractivity contribution in [3.8, 4) is 0 Å². The summed E-state index contributed by atoms with van der Waals surface area (Å²) in [4.78, 5) is 27.9. The lowest BCUT2D eigenvalue weighted by Crippen LogP contribution is -2.39. The van der Waals surface area contributed by atoms with Crippen molar-refractivity contribution in [1.29, 1.82) is 0 Å². The van der Waals surface area contributed by atoms with Crippen LogP contribution in [-0.4, -0.2) is 69.7 Å². The number of carbonyl (C=O) groups is 2. The summed E-state index contributed by atoms with van der Waals surface area (Å²) in [5, 5.41) is 14.1. The Hall–Kier alpha value is -3.53. The lowest BCUT2D eigenvalue weighted by molar-refractivity contribution is -0.140. The predicted octanol–water partition coefficient (Wildman–Crippen LogP) is 1.25. The second-order valence-electron chi connectivity index (χ2n) is 7.96. The highest BCUT2D eigenvalue weighted by Crippen LogP contribution is 2.42. The van der Waals surface area contributed by atoms with Gasteiger partial charge in [0.05, 0.1) is 25.5 Å². The summed E-state index contributed by atoms with van der Waals surface area (Å²) in [6.07, 6.45) is 1.20. The van der Waals surface area contributed by atoms with E-state index < -0.39 is 39.9 Å². The normalized spacial score (nSPS) is 15.3. The fourth-order valence-electron chi connectivity index (χ4n) is 3.54. The van der Waals surface area contributed by atoms with Crippen molar-refractivity contribution in [3.05, 3.63) is 47.2 Å². The standard InChI is InChI=1S/C19H19F3N6O6S/c1-34-18(31)15(35(32,33)23-9-19(20,21)22)13-4-11(10-2-3-10)5-27-6-12(24-16(13)27)7-28-8-14(17(29)30)25-26-28/h4-6,8,10,15,23H,2-3,7,9H2,1H3,(H,29,30). The number of alkyl halides is 3. The maximum Gasteiger partial charge on any atom is 0.402 e.